The molecule has 14 heavy (non-hydrogen) atoms. The minimum Gasteiger partial charge on any atom is -0.333 e. The molecule has 1 heterocycles. The second-order valence-corrected chi connectivity index (χ2v) is 4.27. The zero-order valence-electron chi connectivity index (χ0n) is 9.25. The van der Waals surface area contributed by atoms with Crippen LogP contribution in [0, 0.1) is 5.92 Å². The van der Waals surface area contributed by atoms with Crippen LogP contribution >= 0.6 is 0 Å². The van der Waals surface area contributed by atoms with Crippen molar-refractivity contribution < 1.29 is 9.59 Å². The summed E-state index contributed by atoms with van der Waals surface area (Å²) in [5, 5.41) is 0. The number of amides is 1. The summed E-state index contributed by atoms with van der Waals surface area (Å²) in [4.78, 5) is 24.2. The van der Waals surface area contributed by atoms with Gasteiger partial charge >= 0.3 is 0 Å². The minimum atomic E-state index is -0.277. The van der Waals surface area contributed by atoms with E-state index in [-0.39, 0.29) is 17.7 Å². The first-order valence-electron chi connectivity index (χ1n) is 5.40. The number of hydrogen-bond donors (Lipinski definition) is 0. The van der Waals surface area contributed by atoms with Crippen LogP contribution in [0.4, 0.5) is 0 Å². The molecular formula is C11H19NO2. The number of rotatable bonds is 4. The van der Waals surface area contributed by atoms with Gasteiger partial charge in [0.15, 0.2) is 0 Å². The van der Waals surface area contributed by atoms with Crippen LogP contribution < -0.4 is 0 Å². The summed E-state index contributed by atoms with van der Waals surface area (Å²) in [6.45, 7) is 6.98. The van der Waals surface area contributed by atoms with Gasteiger partial charge in [0.25, 0.3) is 5.91 Å². The Labute approximate surface area is 85.5 Å². The summed E-state index contributed by atoms with van der Waals surface area (Å²) >= 11 is 0. The lowest BCUT2D eigenvalue weighted by molar-refractivity contribution is -0.141. The van der Waals surface area contributed by atoms with Gasteiger partial charge in [0, 0.05) is 19.0 Å². The smallest absolute Gasteiger partial charge is 0.290 e. The fourth-order valence-corrected chi connectivity index (χ4v) is 1.89. The minimum absolute atomic E-state index is 0.212. The zero-order chi connectivity index (χ0) is 10.7. The fourth-order valence-electron chi connectivity index (χ4n) is 1.89. The van der Waals surface area contributed by atoms with Crippen molar-refractivity contribution in [2.75, 3.05) is 6.54 Å². The van der Waals surface area contributed by atoms with Crippen LogP contribution in [0.25, 0.3) is 0 Å². The number of carbonyl (C=O) groups excluding carboxylic acids is 2. The van der Waals surface area contributed by atoms with Gasteiger partial charge in [-0.15, -0.1) is 0 Å². The first-order valence-corrected chi connectivity index (χ1v) is 5.40. The highest BCUT2D eigenvalue weighted by atomic mass is 16.2. The third kappa shape index (κ3) is 2.34. The number of ketones is 1. The van der Waals surface area contributed by atoms with Crippen molar-refractivity contribution >= 4 is 11.7 Å². The van der Waals surface area contributed by atoms with Gasteiger partial charge in [0.2, 0.25) is 5.78 Å². The van der Waals surface area contributed by atoms with E-state index in [0.717, 1.165) is 12.8 Å². The second kappa shape index (κ2) is 4.58. The molecule has 3 nitrogen and oxygen atoms in total. The van der Waals surface area contributed by atoms with E-state index in [1.165, 1.54) is 0 Å². The number of carbonyl (C=O) groups is 2. The van der Waals surface area contributed by atoms with Gasteiger partial charge in [0.1, 0.15) is 0 Å². The molecule has 1 amide bonds. The molecule has 0 saturated carbocycles. The molecular weight excluding hydrogens is 178 g/mol. The van der Waals surface area contributed by atoms with Gasteiger partial charge in [-0.1, -0.05) is 20.3 Å². The fraction of sp³-hybridized carbons (Fsp3) is 0.818. The van der Waals surface area contributed by atoms with Crippen LogP contribution in [-0.4, -0.2) is 29.2 Å². The molecule has 0 aromatic rings. The van der Waals surface area contributed by atoms with Crippen molar-refractivity contribution in [3.8, 4) is 0 Å². The summed E-state index contributed by atoms with van der Waals surface area (Å²) in [6, 6.07) is 0.212. The van der Waals surface area contributed by atoms with Crippen LogP contribution in [0.3, 0.4) is 0 Å². The van der Waals surface area contributed by atoms with Crippen LogP contribution in [0.5, 0.6) is 0 Å². The highest BCUT2D eigenvalue weighted by Gasteiger charge is 2.32. The Hall–Kier alpha value is -0.860. The molecule has 0 spiro atoms. The Morgan fingerprint density at radius 1 is 1.36 bits per heavy atom. The van der Waals surface area contributed by atoms with Crippen molar-refractivity contribution in [1.29, 1.82) is 0 Å². The Kier molecular flexibility index (Phi) is 3.67. The summed E-state index contributed by atoms with van der Waals surface area (Å²) in [6.07, 6.45) is 2.53. The maximum atomic E-state index is 11.4. The topological polar surface area (TPSA) is 37.4 Å². The highest BCUT2D eigenvalue weighted by molar-refractivity contribution is 6.37. The van der Waals surface area contributed by atoms with E-state index in [1.54, 1.807) is 4.90 Å². The molecule has 1 aliphatic heterocycles. The van der Waals surface area contributed by atoms with Crippen molar-refractivity contribution in [1.82, 2.24) is 4.90 Å². The molecule has 2 unspecified atom stereocenters. The molecule has 1 aliphatic rings. The lowest BCUT2D eigenvalue weighted by atomic mass is 9.99. The van der Waals surface area contributed by atoms with Gasteiger partial charge in [-0.25, -0.2) is 0 Å². The van der Waals surface area contributed by atoms with Crippen LogP contribution in [0.1, 0.15) is 40.0 Å². The van der Waals surface area contributed by atoms with E-state index in [4.69, 9.17) is 0 Å². The maximum Gasteiger partial charge on any atom is 0.290 e. The zero-order valence-corrected chi connectivity index (χ0v) is 9.25. The van der Waals surface area contributed by atoms with Gasteiger partial charge in [-0.3, -0.25) is 9.59 Å². The maximum absolute atomic E-state index is 11.4. The van der Waals surface area contributed by atoms with Gasteiger partial charge < -0.3 is 4.90 Å². The Morgan fingerprint density at radius 2 is 2.00 bits per heavy atom. The molecule has 1 rings (SSSR count). The average Bonchev–Trinajstić information content (AvgIpc) is 2.47. The number of Topliss-reactive ketones (excluding diaryl/α,β-unsaturated/α-hetero) is 1. The second-order valence-electron chi connectivity index (χ2n) is 4.27. The molecule has 0 radical (unpaired) electrons. The van der Waals surface area contributed by atoms with Crippen molar-refractivity contribution in [3.63, 3.8) is 0 Å². The molecule has 0 aromatic heterocycles. The Balaban J connectivity index is 2.49. The van der Waals surface area contributed by atoms with E-state index < -0.39 is 0 Å². The number of likely N-dealkylation sites (tertiary alicyclic amines) is 1. The summed E-state index contributed by atoms with van der Waals surface area (Å²) in [5.74, 6) is 0.121. The van der Waals surface area contributed by atoms with Crippen LogP contribution in [0.15, 0.2) is 0 Å². The predicted octanol–water partition coefficient (Wildman–Crippen LogP) is 1.61. The van der Waals surface area contributed by atoms with Crippen molar-refractivity contribution in [2.24, 2.45) is 5.92 Å². The van der Waals surface area contributed by atoms with Crippen LogP contribution in [0.2, 0.25) is 0 Å². The van der Waals surface area contributed by atoms with E-state index >= 15 is 0 Å². The molecule has 80 valence electrons. The molecule has 2 atom stereocenters. The third-order valence-corrected chi connectivity index (χ3v) is 3.05. The molecule has 0 N–H and O–H groups in total. The normalized spacial score (nSPS) is 21.5. The summed E-state index contributed by atoms with van der Waals surface area (Å²) < 4.78 is 0. The van der Waals surface area contributed by atoms with Crippen LogP contribution in [-0.2, 0) is 9.59 Å². The summed E-state index contributed by atoms with van der Waals surface area (Å²) in [5.41, 5.74) is 0. The van der Waals surface area contributed by atoms with E-state index in [2.05, 4.69) is 13.8 Å². The monoisotopic (exact) mass is 197 g/mol. The van der Waals surface area contributed by atoms with Gasteiger partial charge in [-0.05, 0) is 19.3 Å². The molecule has 1 fully saturated rings. The Morgan fingerprint density at radius 3 is 2.43 bits per heavy atom. The van der Waals surface area contributed by atoms with E-state index in [9.17, 15) is 9.59 Å². The summed E-state index contributed by atoms with van der Waals surface area (Å²) in [7, 11) is 0. The quantitative estimate of drug-likeness (QED) is 0.642. The lowest BCUT2D eigenvalue weighted by Gasteiger charge is -2.25. The first kappa shape index (κ1) is 11.2. The van der Waals surface area contributed by atoms with Crippen molar-refractivity contribution in [3.05, 3.63) is 0 Å². The van der Waals surface area contributed by atoms with E-state index in [0.29, 0.717) is 18.9 Å². The highest BCUT2D eigenvalue weighted by Crippen LogP contribution is 2.18. The van der Waals surface area contributed by atoms with Gasteiger partial charge in [-0.2, -0.15) is 0 Å². The van der Waals surface area contributed by atoms with Crippen molar-refractivity contribution in [2.45, 2.75) is 46.1 Å². The molecule has 0 aromatic carbocycles. The van der Waals surface area contributed by atoms with Gasteiger partial charge in [0.05, 0.1) is 0 Å². The molecule has 0 bridgehead atoms. The molecule has 0 aliphatic carbocycles. The predicted molar refractivity (Wildman–Crippen MR) is 54.9 cm³/mol. The van der Waals surface area contributed by atoms with E-state index in [1.807, 2.05) is 6.92 Å². The number of hydrogen-bond acceptors (Lipinski definition) is 2. The average molecular weight is 197 g/mol. The SMILES string of the molecule is CCC(C)CC(C)N1CCC(=O)C1=O. The Bertz CT molecular complexity index is 237. The number of nitrogens with zero attached hydrogens (tertiary/aromatic N) is 1. The molecule has 3 heteroatoms. The lowest BCUT2D eigenvalue weighted by Crippen LogP contribution is -2.36. The largest absolute Gasteiger partial charge is 0.333 e. The third-order valence-electron chi connectivity index (χ3n) is 3.05. The molecule has 1 saturated heterocycles. The standard InChI is InChI=1S/C11H19NO2/c1-4-8(2)7-9(3)12-6-5-10(13)11(12)14/h8-9H,4-7H2,1-3H3. The first-order chi connectivity index (χ1) is 6.56.